The van der Waals surface area contributed by atoms with Crippen LogP contribution in [0.2, 0.25) is 0 Å². The average molecular weight is 123 g/mol. The smallest absolute Gasteiger partial charge is 0.110 e. The van der Waals surface area contributed by atoms with Gasteiger partial charge in [0, 0.05) is 0 Å². The van der Waals surface area contributed by atoms with Crippen molar-refractivity contribution in [3.63, 3.8) is 0 Å². The van der Waals surface area contributed by atoms with E-state index in [9.17, 15) is 0 Å². The maximum absolute atomic E-state index is 8.31. The Morgan fingerprint density at radius 2 is 2.50 bits per heavy atom. The van der Waals surface area contributed by atoms with Crippen molar-refractivity contribution in [2.24, 2.45) is 0 Å². The first-order chi connectivity index (χ1) is 3.83. The molecule has 0 atom stereocenters. The van der Waals surface area contributed by atoms with Crippen LogP contribution in [0, 0.1) is 18.3 Å². The molecule has 0 amide bonds. The van der Waals surface area contributed by atoms with Crippen LogP contribution < -0.4 is 0 Å². The number of aryl methyl sites for hydroxylation is 1. The Hall–Kier alpha value is -0.810. The molecule has 0 aliphatic carbocycles. The molecular weight excluding hydrogens is 118 g/mol. The minimum absolute atomic E-state index is 0.794. The van der Waals surface area contributed by atoms with Crippen LogP contribution >= 0.6 is 11.3 Å². The van der Waals surface area contributed by atoms with Gasteiger partial charge in [0.25, 0.3) is 0 Å². The third-order valence-electron chi connectivity index (χ3n) is 0.841. The van der Waals surface area contributed by atoms with Crippen molar-refractivity contribution in [3.8, 4) is 6.07 Å². The van der Waals surface area contributed by atoms with Gasteiger partial charge in [-0.25, -0.2) is 0 Å². The van der Waals surface area contributed by atoms with Crippen molar-refractivity contribution in [1.29, 1.82) is 5.26 Å². The minimum Gasteiger partial charge on any atom is -0.192 e. The molecule has 8 heavy (non-hydrogen) atoms. The Bertz CT molecular complexity index is 219. The normalized spacial score (nSPS) is 8.50. The van der Waals surface area contributed by atoms with E-state index in [1.54, 1.807) is 0 Å². The molecule has 0 spiro atoms. The zero-order valence-corrected chi connectivity index (χ0v) is 5.33. The minimum atomic E-state index is 0.794. The molecule has 0 radical (unpaired) electrons. The highest BCUT2D eigenvalue weighted by atomic mass is 32.1. The van der Waals surface area contributed by atoms with Crippen LogP contribution in [0.15, 0.2) is 11.4 Å². The second kappa shape index (κ2) is 1.97. The lowest BCUT2D eigenvalue weighted by Crippen LogP contribution is -1.56. The molecule has 0 fully saturated rings. The Morgan fingerprint density at radius 3 is 2.75 bits per heavy atom. The van der Waals surface area contributed by atoms with Crippen LogP contribution in [0.3, 0.4) is 0 Å². The van der Waals surface area contributed by atoms with Gasteiger partial charge in [-0.05, 0) is 23.9 Å². The number of nitriles is 1. The van der Waals surface area contributed by atoms with Crippen LogP contribution in [0.5, 0.6) is 0 Å². The average Bonchev–Trinajstić information content (AvgIpc) is 2.14. The zero-order valence-electron chi connectivity index (χ0n) is 4.51. The molecular formula is C6H5NS. The van der Waals surface area contributed by atoms with Crippen molar-refractivity contribution in [3.05, 3.63) is 21.9 Å². The summed E-state index contributed by atoms with van der Waals surface area (Å²) in [6.07, 6.45) is 0. The molecule has 1 aromatic rings. The highest BCUT2D eigenvalue weighted by molar-refractivity contribution is 7.10. The second-order valence-corrected chi connectivity index (χ2v) is 2.51. The maximum atomic E-state index is 8.31. The summed E-state index contributed by atoms with van der Waals surface area (Å²) < 4.78 is 0. The van der Waals surface area contributed by atoms with E-state index >= 15 is 0 Å². The van der Waals surface area contributed by atoms with Gasteiger partial charge in [0.05, 0.1) is 0 Å². The van der Waals surface area contributed by atoms with Gasteiger partial charge in [0.2, 0.25) is 0 Å². The summed E-state index contributed by atoms with van der Waals surface area (Å²) >= 11 is 1.49. The zero-order chi connectivity index (χ0) is 5.98. The van der Waals surface area contributed by atoms with Gasteiger partial charge < -0.3 is 0 Å². The van der Waals surface area contributed by atoms with E-state index in [0.717, 1.165) is 4.88 Å². The first kappa shape index (κ1) is 5.33. The van der Waals surface area contributed by atoms with E-state index in [-0.39, 0.29) is 0 Å². The topological polar surface area (TPSA) is 23.8 Å². The number of hydrogen-bond acceptors (Lipinski definition) is 2. The van der Waals surface area contributed by atoms with E-state index < -0.39 is 0 Å². The van der Waals surface area contributed by atoms with E-state index in [1.807, 2.05) is 18.4 Å². The second-order valence-electron chi connectivity index (χ2n) is 1.60. The monoisotopic (exact) mass is 123 g/mol. The van der Waals surface area contributed by atoms with Crippen molar-refractivity contribution in [2.75, 3.05) is 0 Å². The molecule has 0 N–H and O–H groups in total. The molecule has 1 rings (SSSR count). The van der Waals surface area contributed by atoms with Gasteiger partial charge >= 0.3 is 0 Å². The van der Waals surface area contributed by atoms with E-state index in [2.05, 4.69) is 6.07 Å². The molecule has 40 valence electrons. The van der Waals surface area contributed by atoms with Crippen molar-refractivity contribution in [1.82, 2.24) is 0 Å². The van der Waals surface area contributed by atoms with Crippen molar-refractivity contribution in [2.45, 2.75) is 6.92 Å². The van der Waals surface area contributed by atoms with Crippen LogP contribution in [-0.4, -0.2) is 0 Å². The number of thiophene rings is 1. The van der Waals surface area contributed by atoms with Gasteiger partial charge in [-0.2, -0.15) is 5.26 Å². The first-order valence-corrected chi connectivity index (χ1v) is 3.16. The van der Waals surface area contributed by atoms with Crippen LogP contribution in [-0.2, 0) is 0 Å². The maximum Gasteiger partial charge on any atom is 0.110 e. The van der Waals surface area contributed by atoms with E-state index in [4.69, 9.17) is 5.26 Å². The fourth-order valence-electron chi connectivity index (χ4n) is 0.490. The fourth-order valence-corrected chi connectivity index (χ4v) is 1.18. The van der Waals surface area contributed by atoms with Gasteiger partial charge in [-0.3, -0.25) is 0 Å². The molecule has 1 heterocycles. The lowest BCUT2D eigenvalue weighted by molar-refractivity contribution is 1.50. The molecule has 1 aromatic heterocycles. The number of nitrogens with zero attached hydrogens (tertiary/aromatic N) is 1. The summed E-state index contributed by atoms with van der Waals surface area (Å²) in [5.74, 6) is 0. The Balaban J connectivity index is 3.05. The number of rotatable bonds is 0. The summed E-state index contributed by atoms with van der Waals surface area (Å²) in [5, 5.41) is 10.3. The summed E-state index contributed by atoms with van der Waals surface area (Å²) in [7, 11) is 0. The molecule has 0 saturated heterocycles. The Kier molecular flexibility index (Phi) is 1.32. The lowest BCUT2D eigenvalue weighted by atomic mass is 10.3. The quantitative estimate of drug-likeness (QED) is 0.517. The highest BCUT2D eigenvalue weighted by Crippen LogP contribution is 2.10. The highest BCUT2D eigenvalue weighted by Gasteiger charge is 1.89. The standard InChI is InChI=1S/C6H5NS/c1-5-2-6(3-7)8-4-5/h2,4H,1H3. The van der Waals surface area contributed by atoms with Crippen molar-refractivity contribution < 1.29 is 0 Å². The van der Waals surface area contributed by atoms with Gasteiger partial charge in [-0.1, -0.05) is 0 Å². The van der Waals surface area contributed by atoms with Crippen LogP contribution in [0.1, 0.15) is 10.4 Å². The van der Waals surface area contributed by atoms with E-state index in [1.165, 1.54) is 16.9 Å². The SMILES string of the molecule is Cc1csc(C#N)c1. The number of hydrogen-bond donors (Lipinski definition) is 0. The summed E-state index contributed by atoms with van der Waals surface area (Å²) in [5.41, 5.74) is 1.17. The van der Waals surface area contributed by atoms with Gasteiger partial charge in [0.1, 0.15) is 10.9 Å². The largest absolute Gasteiger partial charge is 0.192 e. The Morgan fingerprint density at radius 1 is 1.75 bits per heavy atom. The molecule has 0 unspecified atom stereocenters. The summed E-state index contributed by atoms with van der Waals surface area (Å²) in [6.45, 7) is 1.98. The molecule has 0 aliphatic heterocycles. The summed E-state index contributed by atoms with van der Waals surface area (Å²) in [6, 6.07) is 3.95. The molecule has 0 aromatic carbocycles. The Labute approximate surface area is 52.2 Å². The van der Waals surface area contributed by atoms with Crippen LogP contribution in [0.25, 0.3) is 0 Å². The lowest BCUT2D eigenvalue weighted by Gasteiger charge is -1.68. The van der Waals surface area contributed by atoms with Crippen molar-refractivity contribution >= 4 is 11.3 Å². The third kappa shape index (κ3) is 0.877. The third-order valence-corrected chi connectivity index (χ3v) is 1.79. The van der Waals surface area contributed by atoms with Gasteiger partial charge in [0.15, 0.2) is 0 Å². The first-order valence-electron chi connectivity index (χ1n) is 2.28. The predicted octanol–water partition coefficient (Wildman–Crippen LogP) is 1.93. The molecule has 1 nitrogen and oxygen atoms in total. The molecule has 0 aliphatic rings. The molecule has 2 heteroatoms. The predicted molar refractivity (Wildman–Crippen MR) is 33.8 cm³/mol. The van der Waals surface area contributed by atoms with Crippen LogP contribution in [0.4, 0.5) is 0 Å². The van der Waals surface area contributed by atoms with Gasteiger partial charge in [-0.15, -0.1) is 11.3 Å². The summed E-state index contributed by atoms with van der Waals surface area (Å²) in [4.78, 5) is 0.794. The van der Waals surface area contributed by atoms with E-state index in [0.29, 0.717) is 0 Å². The molecule has 0 bridgehead atoms. The fraction of sp³-hybridized carbons (Fsp3) is 0.167. The molecule has 0 saturated carbocycles.